The number of benzene rings is 1. The molecule has 0 saturated carbocycles. The number of Topliss-reactive ketones (excluding diaryl/α,β-unsaturated/α-hetero) is 1. The Morgan fingerprint density at radius 3 is 2.38 bits per heavy atom. The van der Waals surface area contributed by atoms with E-state index >= 15 is 0 Å². The van der Waals surface area contributed by atoms with Crippen LogP contribution < -0.4 is 4.90 Å². The molecule has 0 spiro atoms. The Morgan fingerprint density at radius 1 is 0.974 bits per heavy atom. The number of nitrogens with zero attached hydrogens (tertiary/aromatic N) is 4. The number of likely N-dealkylation sites (tertiary alicyclic amines) is 2. The molecular weight excluding hydrogens is 490 g/mol. The number of amides is 2. The minimum atomic E-state index is -0.446. The van der Waals surface area contributed by atoms with Gasteiger partial charge in [-0.1, -0.05) is 45.0 Å². The number of hydrogen-bond acceptors (Lipinski definition) is 5. The summed E-state index contributed by atoms with van der Waals surface area (Å²) in [5, 5.41) is 0.988. The first-order valence-electron chi connectivity index (χ1n) is 14.1. The van der Waals surface area contributed by atoms with Gasteiger partial charge < -0.3 is 19.7 Å². The summed E-state index contributed by atoms with van der Waals surface area (Å²) in [6.45, 7) is 9.05. The first kappa shape index (κ1) is 25.6. The second-order valence-electron chi connectivity index (χ2n) is 12.4. The van der Waals surface area contributed by atoms with Crippen LogP contribution in [0.2, 0.25) is 0 Å². The lowest BCUT2D eigenvalue weighted by atomic mass is 9.76. The van der Waals surface area contributed by atoms with E-state index in [1.54, 1.807) is 6.07 Å². The predicted octanol–water partition coefficient (Wildman–Crippen LogP) is 4.52. The van der Waals surface area contributed by atoms with Crippen LogP contribution in [0.25, 0.3) is 10.9 Å². The van der Waals surface area contributed by atoms with Crippen LogP contribution in [-0.4, -0.2) is 75.6 Å². The number of H-pyrrole nitrogens is 1. The molecule has 8 heteroatoms. The van der Waals surface area contributed by atoms with E-state index in [1.165, 1.54) is 0 Å². The van der Waals surface area contributed by atoms with Crippen molar-refractivity contribution in [3.8, 4) is 0 Å². The number of anilines is 1. The monoisotopic (exact) mass is 527 g/mol. The third-order valence-corrected chi connectivity index (χ3v) is 8.73. The van der Waals surface area contributed by atoms with Gasteiger partial charge in [0.1, 0.15) is 11.5 Å². The van der Waals surface area contributed by atoms with E-state index in [4.69, 9.17) is 0 Å². The third kappa shape index (κ3) is 4.81. The molecular formula is C31H37N5O3. The number of aromatic nitrogens is 2. The summed E-state index contributed by atoms with van der Waals surface area (Å²) in [7, 11) is 0. The number of para-hydroxylation sites is 1. The second kappa shape index (κ2) is 9.81. The molecule has 3 fully saturated rings. The lowest BCUT2D eigenvalue weighted by Gasteiger charge is -2.39. The zero-order chi connectivity index (χ0) is 27.3. The van der Waals surface area contributed by atoms with E-state index in [-0.39, 0.29) is 41.5 Å². The molecule has 0 aliphatic carbocycles. The highest BCUT2D eigenvalue weighted by Crippen LogP contribution is 2.38. The van der Waals surface area contributed by atoms with Crippen LogP contribution in [0.15, 0.2) is 48.5 Å². The van der Waals surface area contributed by atoms with E-state index < -0.39 is 5.92 Å². The highest BCUT2D eigenvalue weighted by atomic mass is 16.2. The minimum Gasteiger partial charge on any atom is -0.357 e. The predicted molar refractivity (Wildman–Crippen MR) is 151 cm³/mol. The molecule has 2 aromatic heterocycles. The maximum atomic E-state index is 13.9. The van der Waals surface area contributed by atoms with Crippen molar-refractivity contribution in [2.24, 2.45) is 11.3 Å². The molecule has 2 amide bonds. The number of rotatable bonds is 6. The van der Waals surface area contributed by atoms with Crippen LogP contribution in [-0.2, 0) is 4.79 Å². The number of carbonyl (C=O) groups excluding carboxylic acids is 3. The largest absolute Gasteiger partial charge is 0.357 e. The number of aromatic amines is 1. The van der Waals surface area contributed by atoms with Crippen molar-refractivity contribution in [1.82, 2.24) is 19.8 Å². The van der Waals surface area contributed by atoms with E-state index in [9.17, 15) is 14.4 Å². The summed E-state index contributed by atoms with van der Waals surface area (Å²) in [6.07, 6.45) is 3.24. The molecule has 2 bridgehead atoms. The van der Waals surface area contributed by atoms with Crippen LogP contribution in [0.4, 0.5) is 5.82 Å². The summed E-state index contributed by atoms with van der Waals surface area (Å²) in [6, 6.07) is 15.3. The van der Waals surface area contributed by atoms with Crippen molar-refractivity contribution in [2.75, 3.05) is 31.1 Å². The van der Waals surface area contributed by atoms with Gasteiger partial charge in [-0.05, 0) is 48.9 Å². The van der Waals surface area contributed by atoms with Gasteiger partial charge in [0.2, 0.25) is 5.91 Å². The Bertz CT molecular complexity index is 1380. The fraction of sp³-hybridized carbons (Fsp3) is 0.484. The maximum absolute atomic E-state index is 13.9. The molecule has 3 aliphatic heterocycles. The summed E-state index contributed by atoms with van der Waals surface area (Å²) >= 11 is 0. The van der Waals surface area contributed by atoms with Crippen LogP contribution in [0.1, 0.15) is 67.4 Å². The van der Waals surface area contributed by atoms with Crippen molar-refractivity contribution >= 4 is 34.3 Å². The molecule has 0 unspecified atom stereocenters. The molecule has 0 radical (unpaired) electrons. The van der Waals surface area contributed by atoms with E-state index in [0.717, 1.165) is 49.1 Å². The van der Waals surface area contributed by atoms with Gasteiger partial charge in [0.15, 0.2) is 5.78 Å². The van der Waals surface area contributed by atoms with Crippen LogP contribution in [0.5, 0.6) is 0 Å². The van der Waals surface area contributed by atoms with E-state index in [1.807, 2.05) is 73.0 Å². The highest BCUT2D eigenvalue weighted by molar-refractivity contribution is 6.01. The van der Waals surface area contributed by atoms with Gasteiger partial charge in [-0.3, -0.25) is 14.4 Å². The first-order chi connectivity index (χ1) is 18.7. The molecule has 1 aromatic carbocycles. The average molecular weight is 528 g/mol. The van der Waals surface area contributed by atoms with Gasteiger partial charge in [0.05, 0.1) is 23.7 Å². The average Bonchev–Trinajstić information content (AvgIpc) is 3.73. The van der Waals surface area contributed by atoms with Crippen molar-refractivity contribution in [1.29, 1.82) is 0 Å². The number of fused-ring (bicyclic) bond motifs is 3. The summed E-state index contributed by atoms with van der Waals surface area (Å²) < 4.78 is 0. The number of pyridine rings is 1. The number of hydrogen-bond donors (Lipinski definition) is 1. The smallest absolute Gasteiger partial charge is 0.272 e. The summed E-state index contributed by atoms with van der Waals surface area (Å²) in [5.74, 6) is 0.327. The number of ketones is 1. The normalized spacial score (nSPS) is 21.7. The van der Waals surface area contributed by atoms with Gasteiger partial charge in [-0.15, -0.1) is 0 Å². The Balaban J connectivity index is 1.14. The van der Waals surface area contributed by atoms with Gasteiger partial charge in [0.25, 0.3) is 5.91 Å². The Hall–Kier alpha value is -3.68. The molecule has 3 aliphatic rings. The third-order valence-electron chi connectivity index (χ3n) is 8.73. The number of piperazine rings is 1. The summed E-state index contributed by atoms with van der Waals surface area (Å²) in [4.78, 5) is 54.6. The Labute approximate surface area is 229 Å². The standard InChI is InChI=1S/C31H37N5O3/c1-31(2,3)23(17-27(37)26-15-20-9-4-5-10-24(20)32-26)29(38)35-18-22-16-21(35)19-36(22)30(39)25-11-8-12-28(33-25)34-13-6-7-14-34/h4-5,8-12,15,21-23,32H,6-7,13-14,16-19H2,1-3H3/t21-,22-,23+/m0/s1. The fourth-order valence-corrected chi connectivity index (χ4v) is 6.48. The molecule has 204 valence electrons. The van der Waals surface area contributed by atoms with Crippen LogP contribution in [0.3, 0.4) is 0 Å². The Kier molecular flexibility index (Phi) is 6.44. The highest BCUT2D eigenvalue weighted by Gasteiger charge is 2.50. The zero-order valence-corrected chi connectivity index (χ0v) is 23.0. The topological polar surface area (TPSA) is 89.6 Å². The maximum Gasteiger partial charge on any atom is 0.272 e. The van der Waals surface area contributed by atoms with Gasteiger partial charge in [0, 0.05) is 43.5 Å². The molecule has 5 heterocycles. The quantitative estimate of drug-likeness (QED) is 0.476. The minimum absolute atomic E-state index is 0.0146. The van der Waals surface area contributed by atoms with Crippen molar-refractivity contribution < 1.29 is 14.4 Å². The number of nitrogens with one attached hydrogen (secondary N) is 1. The van der Waals surface area contributed by atoms with E-state index in [0.29, 0.717) is 24.5 Å². The molecule has 3 saturated heterocycles. The molecule has 39 heavy (non-hydrogen) atoms. The zero-order valence-electron chi connectivity index (χ0n) is 23.0. The molecule has 3 atom stereocenters. The fourth-order valence-electron chi connectivity index (χ4n) is 6.48. The Morgan fingerprint density at radius 2 is 1.69 bits per heavy atom. The summed E-state index contributed by atoms with van der Waals surface area (Å²) in [5.41, 5.74) is 1.56. The van der Waals surface area contributed by atoms with Crippen LogP contribution in [0, 0.1) is 11.3 Å². The van der Waals surface area contributed by atoms with Gasteiger partial charge >= 0.3 is 0 Å². The lowest BCUT2D eigenvalue weighted by Crippen LogP contribution is -2.53. The second-order valence-corrected chi connectivity index (χ2v) is 12.4. The lowest BCUT2D eigenvalue weighted by molar-refractivity contribution is -0.141. The first-order valence-corrected chi connectivity index (χ1v) is 14.1. The van der Waals surface area contributed by atoms with Gasteiger partial charge in [-0.2, -0.15) is 0 Å². The van der Waals surface area contributed by atoms with Crippen molar-refractivity contribution in [2.45, 2.75) is 58.5 Å². The molecule has 6 rings (SSSR count). The van der Waals surface area contributed by atoms with E-state index in [2.05, 4.69) is 14.9 Å². The van der Waals surface area contributed by atoms with Crippen LogP contribution >= 0.6 is 0 Å². The molecule has 1 N–H and O–H groups in total. The van der Waals surface area contributed by atoms with Crippen molar-refractivity contribution in [3.05, 3.63) is 59.9 Å². The van der Waals surface area contributed by atoms with Gasteiger partial charge in [-0.25, -0.2) is 4.98 Å². The molecule has 8 nitrogen and oxygen atoms in total. The SMILES string of the molecule is CC(C)(C)[C@H](CC(=O)c1cc2ccccc2[nH]1)C(=O)N1C[C@@H]2C[C@H]1CN2C(=O)c1cccc(N2CCCC2)n1. The molecule has 3 aromatic rings. The van der Waals surface area contributed by atoms with Crippen molar-refractivity contribution in [3.63, 3.8) is 0 Å². The number of carbonyl (C=O) groups is 3.